The molecular weight excluding hydrogens is 523 g/mol. The van der Waals surface area contributed by atoms with E-state index < -0.39 is 17.6 Å². The standard InChI is InChI=1S/C28H26ClFN6O3/c1-15-9-10-31-22(17-7-8-17)24(15)36-26-19(13-20(29)23(32-26)18-5-3-4-6-21(18)30)25(33-27(36)37)35-12-11-34(28(38)39)14-16(35)2/h3-6,9-10,13,16-17H,7-8,11-12,14H2,1-2H3,(H,38,39). The van der Waals surface area contributed by atoms with Crippen LogP contribution in [0.15, 0.2) is 47.4 Å². The van der Waals surface area contributed by atoms with Crippen molar-refractivity contribution in [1.29, 1.82) is 0 Å². The number of benzene rings is 1. The molecule has 0 bridgehead atoms. The van der Waals surface area contributed by atoms with Crippen molar-refractivity contribution in [2.24, 2.45) is 0 Å². The predicted octanol–water partition coefficient (Wildman–Crippen LogP) is 5.01. The van der Waals surface area contributed by atoms with Crippen molar-refractivity contribution < 1.29 is 14.3 Å². The molecule has 1 aliphatic heterocycles. The van der Waals surface area contributed by atoms with Crippen LogP contribution in [-0.2, 0) is 0 Å². The lowest BCUT2D eigenvalue weighted by molar-refractivity contribution is 0.136. The van der Waals surface area contributed by atoms with Gasteiger partial charge >= 0.3 is 11.8 Å². The van der Waals surface area contributed by atoms with E-state index in [0.717, 1.165) is 24.1 Å². The monoisotopic (exact) mass is 548 g/mol. The molecule has 39 heavy (non-hydrogen) atoms. The maximum atomic E-state index is 14.9. The fraction of sp³-hybridized carbons (Fsp3) is 0.321. The lowest BCUT2D eigenvalue weighted by Gasteiger charge is -2.39. The zero-order valence-corrected chi connectivity index (χ0v) is 22.2. The van der Waals surface area contributed by atoms with Crippen LogP contribution in [0, 0.1) is 12.7 Å². The molecule has 4 heterocycles. The van der Waals surface area contributed by atoms with Crippen molar-refractivity contribution in [3.8, 4) is 16.9 Å². The van der Waals surface area contributed by atoms with Crippen LogP contribution in [0.3, 0.4) is 0 Å². The Labute approximate surface area is 228 Å². The summed E-state index contributed by atoms with van der Waals surface area (Å²) in [6.45, 7) is 4.64. The molecule has 4 aromatic rings. The smallest absolute Gasteiger partial charge is 0.407 e. The molecule has 1 saturated heterocycles. The van der Waals surface area contributed by atoms with E-state index in [2.05, 4.69) is 9.97 Å². The first-order valence-corrected chi connectivity index (χ1v) is 13.2. The number of aryl methyl sites for hydroxylation is 1. The maximum absolute atomic E-state index is 14.9. The Kier molecular flexibility index (Phi) is 6.22. The summed E-state index contributed by atoms with van der Waals surface area (Å²) in [7, 11) is 0. The highest BCUT2D eigenvalue weighted by atomic mass is 35.5. The molecule has 11 heteroatoms. The third-order valence-corrected chi connectivity index (χ3v) is 7.73. The van der Waals surface area contributed by atoms with Crippen LogP contribution in [0.25, 0.3) is 28.0 Å². The minimum atomic E-state index is -0.992. The van der Waals surface area contributed by atoms with Gasteiger partial charge in [0.25, 0.3) is 0 Å². The van der Waals surface area contributed by atoms with Gasteiger partial charge in [-0.3, -0.25) is 4.98 Å². The number of carbonyl (C=O) groups is 1. The summed E-state index contributed by atoms with van der Waals surface area (Å²) in [4.78, 5) is 42.6. The van der Waals surface area contributed by atoms with Gasteiger partial charge in [-0.15, -0.1) is 0 Å². The molecule has 1 N–H and O–H groups in total. The summed E-state index contributed by atoms with van der Waals surface area (Å²) >= 11 is 6.72. The fourth-order valence-electron chi connectivity index (χ4n) is 5.33. The van der Waals surface area contributed by atoms with Crippen LogP contribution in [0.1, 0.15) is 36.9 Å². The van der Waals surface area contributed by atoms with Crippen LogP contribution < -0.4 is 10.6 Å². The Morgan fingerprint density at radius 3 is 2.62 bits per heavy atom. The number of amides is 1. The summed E-state index contributed by atoms with van der Waals surface area (Å²) in [5.74, 6) is 0.126. The van der Waals surface area contributed by atoms with E-state index in [1.54, 1.807) is 30.5 Å². The molecular formula is C28H26ClFN6O3. The van der Waals surface area contributed by atoms with Crippen LogP contribution >= 0.6 is 11.6 Å². The van der Waals surface area contributed by atoms with Crippen molar-refractivity contribution in [3.05, 3.63) is 75.2 Å². The Balaban J connectivity index is 1.64. The highest BCUT2D eigenvalue weighted by molar-refractivity contribution is 6.33. The summed E-state index contributed by atoms with van der Waals surface area (Å²) in [6.07, 6.45) is 2.70. The molecule has 1 unspecified atom stereocenters. The molecule has 2 fully saturated rings. The SMILES string of the molecule is Cc1ccnc(C2CC2)c1-n1c(=O)nc(N2CCN(C(=O)O)CC2C)c2cc(Cl)c(-c3ccccc3F)nc21. The number of fused-ring (bicyclic) bond motifs is 1. The summed E-state index contributed by atoms with van der Waals surface area (Å²) < 4.78 is 16.3. The number of hydrogen-bond acceptors (Lipinski definition) is 6. The molecule has 200 valence electrons. The number of carboxylic acid groups (broad SMARTS) is 1. The third-order valence-electron chi connectivity index (χ3n) is 7.44. The third kappa shape index (κ3) is 4.38. The first kappa shape index (κ1) is 25.2. The average Bonchev–Trinajstić information content (AvgIpc) is 3.75. The van der Waals surface area contributed by atoms with Gasteiger partial charge in [-0.2, -0.15) is 4.98 Å². The number of hydrogen-bond donors (Lipinski definition) is 1. The van der Waals surface area contributed by atoms with Crippen LogP contribution in [0.2, 0.25) is 5.02 Å². The van der Waals surface area contributed by atoms with E-state index in [1.807, 2.05) is 24.8 Å². The van der Waals surface area contributed by atoms with Gasteiger partial charge in [-0.1, -0.05) is 23.7 Å². The molecule has 6 rings (SSSR count). The molecule has 0 radical (unpaired) electrons. The van der Waals surface area contributed by atoms with E-state index in [-0.39, 0.29) is 41.3 Å². The minimum Gasteiger partial charge on any atom is -0.465 e. The Bertz CT molecular complexity index is 1690. The summed E-state index contributed by atoms with van der Waals surface area (Å²) in [6, 6.07) is 9.47. The number of pyridine rings is 2. The topological polar surface area (TPSA) is 104 Å². The molecule has 9 nitrogen and oxygen atoms in total. The van der Waals surface area contributed by atoms with Gasteiger partial charge in [0.2, 0.25) is 0 Å². The van der Waals surface area contributed by atoms with Crippen LogP contribution in [-0.4, -0.2) is 61.3 Å². The number of anilines is 1. The molecule has 2 aliphatic rings. The van der Waals surface area contributed by atoms with Gasteiger partial charge in [-0.25, -0.2) is 23.5 Å². The molecule has 3 aromatic heterocycles. The predicted molar refractivity (Wildman–Crippen MR) is 146 cm³/mol. The highest BCUT2D eigenvalue weighted by Gasteiger charge is 2.33. The van der Waals surface area contributed by atoms with Gasteiger partial charge in [0, 0.05) is 43.4 Å². The zero-order valence-electron chi connectivity index (χ0n) is 21.4. The van der Waals surface area contributed by atoms with Crippen LogP contribution in [0.4, 0.5) is 15.0 Å². The Hall–Kier alpha value is -4.05. The summed E-state index contributed by atoms with van der Waals surface area (Å²) in [5.41, 5.74) is 2.46. The second-order valence-electron chi connectivity index (χ2n) is 10.1. The molecule has 1 atom stereocenters. The Morgan fingerprint density at radius 1 is 1.15 bits per heavy atom. The lowest BCUT2D eigenvalue weighted by Crippen LogP contribution is -2.54. The number of nitrogens with zero attached hydrogens (tertiary/aromatic N) is 6. The van der Waals surface area contributed by atoms with Crippen molar-refractivity contribution in [1.82, 2.24) is 24.4 Å². The average molecular weight is 549 g/mol. The first-order chi connectivity index (χ1) is 18.7. The van der Waals surface area contributed by atoms with Gasteiger partial charge in [0.05, 0.1) is 27.5 Å². The van der Waals surface area contributed by atoms with E-state index in [0.29, 0.717) is 29.1 Å². The number of rotatable bonds is 4. The number of aromatic nitrogens is 4. The fourth-order valence-corrected chi connectivity index (χ4v) is 5.59. The molecule has 1 aromatic carbocycles. The molecule has 1 amide bonds. The lowest BCUT2D eigenvalue weighted by atomic mass is 10.1. The number of piperazine rings is 1. The molecule has 0 spiro atoms. The number of halogens is 2. The van der Waals surface area contributed by atoms with E-state index in [4.69, 9.17) is 16.6 Å². The van der Waals surface area contributed by atoms with Gasteiger partial charge < -0.3 is 14.9 Å². The van der Waals surface area contributed by atoms with Gasteiger partial charge in [-0.05, 0) is 56.5 Å². The molecule has 1 saturated carbocycles. The first-order valence-electron chi connectivity index (χ1n) is 12.8. The Morgan fingerprint density at radius 2 is 1.92 bits per heavy atom. The quantitative estimate of drug-likeness (QED) is 0.382. The maximum Gasteiger partial charge on any atom is 0.407 e. The summed E-state index contributed by atoms with van der Waals surface area (Å²) in [5, 5.41) is 10.2. The highest BCUT2D eigenvalue weighted by Crippen LogP contribution is 2.43. The van der Waals surface area contributed by atoms with Crippen molar-refractivity contribution >= 4 is 34.5 Å². The van der Waals surface area contributed by atoms with Crippen molar-refractivity contribution in [2.75, 3.05) is 24.5 Å². The van der Waals surface area contributed by atoms with Crippen molar-refractivity contribution in [3.63, 3.8) is 0 Å². The second-order valence-corrected chi connectivity index (χ2v) is 10.5. The molecule has 1 aliphatic carbocycles. The van der Waals surface area contributed by atoms with Crippen molar-refractivity contribution in [2.45, 2.75) is 38.6 Å². The van der Waals surface area contributed by atoms with Gasteiger partial charge in [0.15, 0.2) is 5.65 Å². The largest absolute Gasteiger partial charge is 0.465 e. The van der Waals surface area contributed by atoms with E-state index >= 15 is 0 Å². The normalized spacial score (nSPS) is 17.6. The van der Waals surface area contributed by atoms with E-state index in [9.17, 15) is 19.1 Å². The van der Waals surface area contributed by atoms with E-state index in [1.165, 1.54) is 15.5 Å². The van der Waals surface area contributed by atoms with Crippen LogP contribution in [0.5, 0.6) is 0 Å². The van der Waals surface area contributed by atoms with Gasteiger partial charge in [0.1, 0.15) is 11.6 Å². The zero-order chi connectivity index (χ0) is 27.4. The second kappa shape index (κ2) is 9.60. The minimum absolute atomic E-state index is 0.211.